The SMILES string of the molecule is CC(=O)OCCCC(C)(C)C(=O)O. The molecule has 0 unspecified atom stereocenters. The van der Waals surface area contributed by atoms with Crippen LogP contribution in [0, 0.1) is 5.41 Å². The van der Waals surface area contributed by atoms with E-state index >= 15 is 0 Å². The van der Waals surface area contributed by atoms with Gasteiger partial charge in [0.05, 0.1) is 12.0 Å². The number of ether oxygens (including phenoxy) is 1. The van der Waals surface area contributed by atoms with Gasteiger partial charge in [-0.15, -0.1) is 0 Å². The summed E-state index contributed by atoms with van der Waals surface area (Å²) in [5, 5.41) is 8.74. The lowest BCUT2D eigenvalue weighted by Gasteiger charge is -2.18. The first-order valence-corrected chi connectivity index (χ1v) is 4.23. The molecule has 0 aromatic heterocycles. The highest BCUT2D eigenvalue weighted by molar-refractivity contribution is 5.73. The normalized spacial score (nSPS) is 11.0. The predicted octanol–water partition coefficient (Wildman–Crippen LogP) is 1.44. The van der Waals surface area contributed by atoms with Crippen LogP contribution in [0.5, 0.6) is 0 Å². The van der Waals surface area contributed by atoms with E-state index in [0.717, 1.165) is 0 Å². The number of esters is 1. The first kappa shape index (κ1) is 11.9. The maximum atomic E-state index is 10.6. The summed E-state index contributed by atoms with van der Waals surface area (Å²) >= 11 is 0. The molecular weight excluding hydrogens is 172 g/mol. The van der Waals surface area contributed by atoms with Gasteiger partial charge >= 0.3 is 11.9 Å². The third-order valence-electron chi connectivity index (χ3n) is 1.83. The Morgan fingerprint density at radius 1 is 1.38 bits per heavy atom. The van der Waals surface area contributed by atoms with Crippen molar-refractivity contribution in [2.75, 3.05) is 6.61 Å². The summed E-state index contributed by atoms with van der Waals surface area (Å²) in [5.41, 5.74) is -0.736. The molecule has 0 atom stereocenters. The van der Waals surface area contributed by atoms with Gasteiger partial charge in [0.1, 0.15) is 0 Å². The Bertz CT molecular complexity index is 196. The van der Waals surface area contributed by atoms with Crippen LogP contribution in [0.15, 0.2) is 0 Å². The summed E-state index contributed by atoms with van der Waals surface area (Å²) in [5.74, 6) is -1.15. The third-order valence-corrected chi connectivity index (χ3v) is 1.83. The molecule has 13 heavy (non-hydrogen) atoms. The van der Waals surface area contributed by atoms with Crippen LogP contribution in [0.25, 0.3) is 0 Å². The summed E-state index contributed by atoms with van der Waals surface area (Å²) in [4.78, 5) is 21.0. The topological polar surface area (TPSA) is 63.6 Å². The Kier molecular flexibility index (Phi) is 4.45. The van der Waals surface area contributed by atoms with Crippen molar-refractivity contribution in [3.8, 4) is 0 Å². The summed E-state index contributed by atoms with van der Waals surface area (Å²) < 4.78 is 4.69. The van der Waals surface area contributed by atoms with Gasteiger partial charge in [0.15, 0.2) is 0 Å². The number of aliphatic carboxylic acids is 1. The molecule has 0 amide bonds. The second-order valence-corrected chi connectivity index (χ2v) is 3.63. The van der Waals surface area contributed by atoms with Crippen molar-refractivity contribution < 1.29 is 19.4 Å². The van der Waals surface area contributed by atoms with Crippen LogP contribution < -0.4 is 0 Å². The zero-order chi connectivity index (χ0) is 10.5. The van der Waals surface area contributed by atoms with Gasteiger partial charge in [-0.05, 0) is 26.7 Å². The van der Waals surface area contributed by atoms with Crippen molar-refractivity contribution in [2.45, 2.75) is 33.6 Å². The Morgan fingerprint density at radius 2 is 1.92 bits per heavy atom. The molecule has 0 fully saturated rings. The third kappa shape index (κ3) is 5.22. The van der Waals surface area contributed by atoms with Crippen molar-refractivity contribution in [1.82, 2.24) is 0 Å². The van der Waals surface area contributed by atoms with E-state index in [1.807, 2.05) is 0 Å². The highest BCUT2D eigenvalue weighted by Gasteiger charge is 2.26. The summed E-state index contributed by atoms with van der Waals surface area (Å²) in [6, 6.07) is 0. The minimum absolute atomic E-state index is 0.298. The molecule has 0 spiro atoms. The quantitative estimate of drug-likeness (QED) is 0.523. The van der Waals surface area contributed by atoms with E-state index in [9.17, 15) is 9.59 Å². The van der Waals surface area contributed by atoms with Gasteiger partial charge in [0.2, 0.25) is 0 Å². The molecule has 0 heterocycles. The molecule has 4 heteroatoms. The average molecular weight is 188 g/mol. The second-order valence-electron chi connectivity index (χ2n) is 3.63. The van der Waals surface area contributed by atoms with Gasteiger partial charge in [-0.1, -0.05) is 0 Å². The lowest BCUT2D eigenvalue weighted by Crippen LogP contribution is -2.24. The van der Waals surface area contributed by atoms with Crippen LogP contribution in [0.4, 0.5) is 0 Å². The number of rotatable bonds is 5. The zero-order valence-corrected chi connectivity index (χ0v) is 8.29. The molecule has 76 valence electrons. The highest BCUT2D eigenvalue weighted by atomic mass is 16.5. The molecule has 0 aromatic carbocycles. The minimum Gasteiger partial charge on any atom is -0.481 e. The van der Waals surface area contributed by atoms with E-state index in [2.05, 4.69) is 4.74 Å². The van der Waals surface area contributed by atoms with Crippen molar-refractivity contribution >= 4 is 11.9 Å². The van der Waals surface area contributed by atoms with Crippen LogP contribution in [-0.2, 0) is 14.3 Å². The number of hydrogen-bond donors (Lipinski definition) is 1. The fraction of sp³-hybridized carbons (Fsp3) is 0.778. The maximum Gasteiger partial charge on any atom is 0.309 e. The Morgan fingerprint density at radius 3 is 2.31 bits per heavy atom. The molecular formula is C9H16O4. The first-order chi connectivity index (χ1) is 5.86. The zero-order valence-electron chi connectivity index (χ0n) is 8.29. The van der Waals surface area contributed by atoms with Crippen molar-refractivity contribution in [1.29, 1.82) is 0 Å². The van der Waals surface area contributed by atoms with Crippen molar-refractivity contribution in [3.05, 3.63) is 0 Å². The van der Waals surface area contributed by atoms with E-state index in [0.29, 0.717) is 19.4 Å². The maximum absolute atomic E-state index is 10.6. The van der Waals surface area contributed by atoms with Gasteiger partial charge in [0.25, 0.3) is 0 Å². The van der Waals surface area contributed by atoms with Crippen molar-refractivity contribution in [3.63, 3.8) is 0 Å². The number of hydrogen-bond acceptors (Lipinski definition) is 3. The molecule has 0 saturated carbocycles. The number of carboxylic acid groups (broad SMARTS) is 1. The van der Waals surface area contributed by atoms with Gasteiger partial charge in [-0.25, -0.2) is 0 Å². The number of carbonyl (C=O) groups is 2. The molecule has 1 N–H and O–H groups in total. The van der Waals surface area contributed by atoms with Gasteiger partial charge < -0.3 is 9.84 Å². The molecule has 0 aliphatic carbocycles. The van der Waals surface area contributed by atoms with E-state index in [1.165, 1.54) is 6.92 Å². The first-order valence-electron chi connectivity index (χ1n) is 4.23. The lowest BCUT2D eigenvalue weighted by molar-refractivity contribution is -0.147. The standard InChI is InChI=1S/C9H16O4/c1-7(10)13-6-4-5-9(2,3)8(11)12/h4-6H2,1-3H3,(H,11,12). The largest absolute Gasteiger partial charge is 0.481 e. The molecule has 0 radical (unpaired) electrons. The number of carbonyl (C=O) groups excluding carboxylic acids is 1. The number of carboxylic acids is 1. The Hall–Kier alpha value is -1.06. The molecule has 0 saturated heterocycles. The fourth-order valence-electron chi connectivity index (χ4n) is 0.837. The summed E-state index contributed by atoms with van der Waals surface area (Å²) in [6.07, 6.45) is 1.09. The molecule has 0 aliphatic rings. The van der Waals surface area contributed by atoms with Crippen LogP contribution in [0.3, 0.4) is 0 Å². The smallest absolute Gasteiger partial charge is 0.309 e. The van der Waals surface area contributed by atoms with Gasteiger partial charge in [-0.2, -0.15) is 0 Å². The monoisotopic (exact) mass is 188 g/mol. The van der Waals surface area contributed by atoms with Crippen LogP contribution in [0.2, 0.25) is 0 Å². The van der Waals surface area contributed by atoms with Crippen LogP contribution in [0.1, 0.15) is 33.6 Å². The second kappa shape index (κ2) is 4.84. The molecule has 4 nitrogen and oxygen atoms in total. The molecule has 0 aliphatic heterocycles. The van der Waals surface area contributed by atoms with E-state index in [-0.39, 0.29) is 5.97 Å². The van der Waals surface area contributed by atoms with Crippen LogP contribution in [-0.4, -0.2) is 23.7 Å². The van der Waals surface area contributed by atoms with Gasteiger partial charge in [-0.3, -0.25) is 9.59 Å². The average Bonchev–Trinajstić information content (AvgIpc) is 1.97. The van der Waals surface area contributed by atoms with Crippen molar-refractivity contribution in [2.24, 2.45) is 5.41 Å². The van der Waals surface area contributed by atoms with E-state index in [4.69, 9.17) is 5.11 Å². The molecule has 0 aromatic rings. The Labute approximate surface area is 77.9 Å². The van der Waals surface area contributed by atoms with E-state index < -0.39 is 11.4 Å². The lowest BCUT2D eigenvalue weighted by atomic mass is 9.88. The highest BCUT2D eigenvalue weighted by Crippen LogP contribution is 2.22. The molecule has 0 bridgehead atoms. The Balaban J connectivity index is 3.64. The summed E-state index contributed by atoms with van der Waals surface area (Å²) in [7, 11) is 0. The molecule has 0 rings (SSSR count). The minimum atomic E-state index is -0.824. The summed E-state index contributed by atoms with van der Waals surface area (Å²) in [6.45, 7) is 4.95. The van der Waals surface area contributed by atoms with Gasteiger partial charge in [0, 0.05) is 6.92 Å². The fourth-order valence-corrected chi connectivity index (χ4v) is 0.837. The van der Waals surface area contributed by atoms with E-state index in [1.54, 1.807) is 13.8 Å². The predicted molar refractivity (Wildman–Crippen MR) is 47.3 cm³/mol. The van der Waals surface area contributed by atoms with Crippen LogP contribution >= 0.6 is 0 Å².